The second-order valence-corrected chi connectivity index (χ2v) is 5.47. The van der Waals surface area contributed by atoms with Gasteiger partial charge in [-0.25, -0.2) is 0 Å². The van der Waals surface area contributed by atoms with E-state index in [4.69, 9.17) is 0 Å². The number of nitrogens with zero attached hydrogens (tertiary/aromatic N) is 1. The quantitative estimate of drug-likeness (QED) is 0.864. The molecule has 0 aliphatic carbocycles. The lowest BCUT2D eigenvalue weighted by Crippen LogP contribution is -2.35. The molecule has 2 amide bonds. The van der Waals surface area contributed by atoms with Crippen molar-refractivity contribution in [1.82, 2.24) is 10.2 Å². The van der Waals surface area contributed by atoms with Gasteiger partial charge in [-0.05, 0) is 23.3 Å². The van der Waals surface area contributed by atoms with E-state index in [0.717, 1.165) is 11.1 Å². The van der Waals surface area contributed by atoms with Gasteiger partial charge < -0.3 is 10.2 Å². The highest BCUT2D eigenvalue weighted by Gasteiger charge is 2.36. The Labute approximate surface area is 135 Å². The lowest BCUT2D eigenvalue weighted by atomic mass is 10.0. The van der Waals surface area contributed by atoms with Gasteiger partial charge in [-0.15, -0.1) is 0 Å². The maximum atomic E-state index is 12.7. The Morgan fingerprint density at radius 2 is 1.83 bits per heavy atom. The van der Waals surface area contributed by atoms with Gasteiger partial charge in [0.25, 0.3) is 5.91 Å². The number of hydrogen-bond donors (Lipinski definition) is 1. The standard InChI is InChI=1S/C19H18N2O2/c1-2-18(22)20-12-17-15-10-6-7-11-16(15)19(23)21(17)13-14-8-4-3-5-9-14/h2-11,17H,1,12-13H2,(H,20,22). The predicted octanol–water partition coefficient (Wildman–Crippen LogP) is 2.69. The van der Waals surface area contributed by atoms with Crippen molar-refractivity contribution in [2.24, 2.45) is 0 Å². The molecule has 1 atom stereocenters. The second kappa shape index (κ2) is 6.48. The van der Waals surface area contributed by atoms with Crippen LogP contribution in [-0.2, 0) is 11.3 Å². The van der Waals surface area contributed by atoms with Gasteiger partial charge in [0.2, 0.25) is 5.91 Å². The first-order valence-corrected chi connectivity index (χ1v) is 7.55. The summed E-state index contributed by atoms with van der Waals surface area (Å²) in [5, 5.41) is 2.80. The number of fused-ring (bicyclic) bond motifs is 1. The predicted molar refractivity (Wildman–Crippen MR) is 88.7 cm³/mol. The van der Waals surface area contributed by atoms with Gasteiger partial charge in [0.1, 0.15) is 0 Å². The van der Waals surface area contributed by atoms with Crippen LogP contribution in [0.3, 0.4) is 0 Å². The molecule has 2 aromatic carbocycles. The summed E-state index contributed by atoms with van der Waals surface area (Å²) in [5.41, 5.74) is 2.73. The zero-order chi connectivity index (χ0) is 16.2. The fourth-order valence-corrected chi connectivity index (χ4v) is 2.90. The summed E-state index contributed by atoms with van der Waals surface area (Å²) in [4.78, 5) is 26.0. The molecule has 0 saturated heterocycles. The number of carbonyl (C=O) groups is 2. The van der Waals surface area contributed by atoms with Crippen LogP contribution in [0, 0.1) is 0 Å². The lowest BCUT2D eigenvalue weighted by Gasteiger charge is -2.25. The van der Waals surface area contributed by atoms with Crippen molar-refractivity contribution < 1.29 is 9.59 Å². The molecular weight excluding hydrogens is 288 g/mol. The van der Waals surface area contributed by atoms with Gasteiger partial charge in [0, 0.05) is 18.7 Å². The van der Waals surface area contributed by atoms with Crippen molar-refractivity contribution >= 4 is 11.8 Å². The number of benzene rings is 2. The minimum absolute atomic E-state index is 0.00213. The van der Waals surface area contributed by atoms with E-state index >= 15 is 0 Å². The Morgan fingerprint density at radius 1 is 1.13 bits per heavy atom. The van der Waals surface area contributed by atoms with Crippen LogP contribution in [0.25, 0.3) is 0 Å². The number of carbonyl (C=O) groups excluding carboxylic acids is 2. The first-order chi connectivity index (χ1) is 11.2. The molecule has 1 aliphatic rings. The largest absolute Gasteiger partial charge is 0.350 e. The third-order valence-electron chi connectivity index (χ3n) is 4.04. The van der Waals surface area contributed by atoms with E-state index in [9.17, 15) is 9.59 Å². The van der Waals surface area contributed by atoms with E-state index in [1.807, 2.05) is 59.5 Å². The molecule has 3 rings (SSSR count). The first-order valence-electron chi connectivity index (χ1n) is 7.55. The minimum atomic E-state index is -0.235. The summed E-state index contributed by atoms with van der Waals surface area (Å²) >= 11 is 0. The topological polar surface area (TPSA) is 49.4 Å². The normalized spacial score (nSPS) is 16.1. The molecule has 1 aliphatic heterocycles. The van der Waals surface area contributed by atoms with Gasteiger partial charge in [0.05, 0.1) is 6.04 Å². The Morgan fingerprint density at radius 3 is 2.57 bits per heavy atom. The molecule has 0 bridgehead atoms. The molecule has 0 saturated carbocycles. The van der Waals surface area contributed by atoms with Crippen LogP contribution in [0.2, 0.25) is 0 Å². The summed E-state index contributed by atoms with van der Waals surface area (Å²) in [7, 11) is 0. The number of hydrogen-bond acceptors (Lipinski definition) is 2. The van der Waals surface area contributed by atoms with E-state index in [-0.39, 0.29) is 17.9 Å². The van der Waals surface area contributed by atoms with Crippen molar-refractivity contribution in [3.8, 4) is 0 Å². The Balaban J connectivity index is 1.88. The van der Waals surface area contributed by atoms with E-state index in [1.165, 1.54) is 6.08 Å². The molecule has 116 valence electrons. The zero-order valence-electron chi connectivity index (χ0n) is 12.7. The highest BCUT2D eigenvalue weighted by Crippen LogP contribution is 2.34. The molecule has 23 heavy (non-hydrogen) atoms. The van der Waals surface area contributed by atoms with E-state index in [0.29, 0.717) is 18.7 Å². The molecule has 4 heteroatoms. The van der Waals surface area contributed by atoms with Gasteiger partial charge in [-0.2, -0.15) is 0 Å². The van der Waals surface area contributed by atoms with Crippen molar-refractivity contribution in [3.05, 3.63) is 83.9 Å². The Hall–Kier alpha value is -2.88. The average Bonchev–Trinajstić information content (AvgIpc) is 2.86. The minimum Gasteiger partial charge on any atom is -0.350 e. The van der Waals surface area contributed by atoms with E-state index < -0.39 is 0 Å². The van der Waals surface area contributed by atoms with E-state index in [1.54, 1.807) is 0 Å². The number of amides is 2. The van der Waals surface area contributed by atoms with Gasteiger partial charge in [-0.3, -0.25) is 9.59 Å². The van der Waals surface area contributed by atoms with Crippen LogP contribution in [0.1, 0.15) is 27.5 Å². The molecule has 1 N–H and O–H groups in total. The number of rotatable bonds is 5. The zero-order valence-corrected chi connectivity index (χ0v) is 12.7. The fraction of sp³-hybridized carbons (Fsp3) is 0.158. The smallest absolute Gasteiger partial charge is 0.255 e. The van der Waals surface area contributed by atoms with Crippen LogP contribution < -0.4 is 5.32 Å². The molecule has 0 aromatic heterocycles. The summed E-state index contributed by atoms with van der Waals surface area (Å²) in [5.74, 6) is -0.233. The Bertz CT molecular complexity index is 740. The van der Waals surface area contributed by atoms with Crippen LogP contribution in [-0.4, -0.2) is 23.3 Å². The van der Waals surface area contributed by atoms with Crippen molar-refractivity contribution in [2.75, 3.05) is 6.54 Å². The number of nitrogens with one attached hydrogen (secondary N) is 1. The maximum Gasteiger partial charge on any atom is 0.255 e. The van der Waals surface area contributed by atoms with Gasteiger partial charge in [-0.1, -0.05) is 55.1 Å². The molecule has 0 radical (unpaired) electrons. The maximum absolute atomic E-state index is 12.7. The lowest BCUT2D eigenvalue weighted by molar-refractivity contribution is -0.116. The van der Waals surface area contributed by atoms with Gasteiger partial charge in [0.15, 0.2) is 0 Å². The van der Waals surface area contributed by atoms with Crippen molar-refractivity contribution in [1.29, 1.82) is 0 Å². The molecule has 2 aromatic rings. The highest BCUT2D eigenvalue weighted by atomic mass is 16.2. The summed E-state index contributed by atoms with van der Waals surface area (Å²) in [6, 6.07) is 17.3. The third kappa shape index (κ3) is 3.01. The third-order valence-corrected chi connectivity index (χ3v) is 4.04. The first kappa shape index (κ1) is 15.0. The molecule has 1 unspecified atom stereocenters. The van der Waals surface area contributed by atoms with Crippen molar-refractivity contribution in [3.63, 3.8) is 0 Å². The van der Waals surface area contributed by atoms with Crippen LogP contribution in [0.5, 0.6) is 0 Å². The molecule has 0 fully saturated rings. The second-order valence-electron chi connectivity index (χ2n) is 5.47. The van der Waals surface area contributed by atoms with E-state index in [2.05, 4.69) is 11.9 Å². The van der Waals surface area contributed by atoms with Crippen LogP contribution >= 0.6 is 0 Å². The molecule has 4 nitrogen and oxygen atoms in total. The van der Waals surface area contributed by atoms with Crippen LogP contribution in [0.4, 0.5) is 0 Å². The SMILES string of the molecule is C=CC(=O)NCC1c2ccccc2C(=O)N1Cc1ccccc1. The fourth-order valence-electron chi connectivity index (χ4n) is 2.90. The van der Waals surface area contributed by atoms with Gasteiger partial charge >= 0.3 is 0 Å². The van der Waals surface area contributed by atoms with Crippen molar-refractivity contribution in [2.45, 2.75) is 12.6 Å². The average molecular weight is 306 g/mol. The Kier molecular flexibility index (Phi) is 4.24. The summed E-state index contributed by atoms with van der Waals surface area (Å²) in [6.07, 6.45) is 1.24. The monoisotopic (exact) mass is 306 g/mol. The highest BCUT2D eigenvalue weighted by molar-refractivity contribution is 5.99. The molecule has 0 spiro atoms. The summed E-state index contributed by atoms with van der Waals surface area (Å²) in [6.45, 7) is 4.35. The molecular formula is C19H18N2O2. The molecule has 1 heterocycles. The van der Waals surface area contributed by atoms with Crippen LogP contribution in [0.15, 0.2) is 67.3 Å². The summed E-state index contributed by atoms with van der Waals surface area (Å²) < 4.78 is 0.